The molecule has 1 aliphatic rings. The molecule has 1 aromatic carbocycles. The van der Waals surface area contributed by atoms with Crippen LogP contribution >= 0.6 is 12.6 Å². The molecule has 1 aromatic rings. The highest BCUT2D eigenvalue weighted by atomic mass is 32.1. The number of amides is 2. The first-order valence-electron chi connectivity index (χ1n) is 9.13. The van der Waals surface area contributed by atoms with Crippen LogP contribution in [0.1, 0.15) is 65.0 Å². The number of nitrogens with zero attached hydrogens (tertiary/aromatic N) is 2. The number of benzene rings is 1. The Morgan fingerprint density at radius 1 is 1.22 bits per heavy atom. The van der Waals surface area contributed by atoms with E-state index in [1.165, 1.54) is 4.90 Å². The second-order valence-electron chi connectivity index (χ2n) is 8.57. The molecule has 0 saturated heterocycles. The first-order valence-corrected chi connectivity index (χ1v) is 9.57. The summed E-state index contributed by atoms with van der Waals surface area (Å²) < 4.78 is -0.392. The molecule has 0 saturated carbocycles. The Labute approximate surface area is 166 Å². The average molecular weight is 392 g/mol. The lowest BCUT2D eigenvalue weighted by Crippen LogP contribution is -2.45. The Morgan fingerprint density at radius 2 is 1.89 bits per heavy atom. The van der Waals surface area contributed by atoms with Crippen molar-refractivity contribution in [2.75, 3.05) is 4.90 Å². The van der Waals surface area contributed by atoms with Crippen LogP contribution < -0.4 is 10.3 Å². The lowest BCUT2D eigenvalue weighted by Gasteiger charge is -2.34. The highest BCUT2D eigenvalue weighted by Crippen LogP contribution is 2.30. The second kappa shape index (κ2) is 7.92. The van der Waals surface area contributed by atoms with Gasteiger partial charge < -0.3 is 5.11 Å². The Hall–Kier alpha value is -2.02. The zero-order chi connectivity index (χ0) is 20.4. The predicted molar refractivity (Wildman–Crippen MR) is 112 cm³/mol. The molecule has 0 atom stereocenters. The highest BCUT2D eigenvalue weighted by Gasteiger charge is 2.29. The molecule has 0 bridgehead atoms. The molecule has 2 rings (SSSR count). The number of carbonyl (C=O) groups excluding carboxylic acids is 1. The minimum atomic E-state index is -0.978. The predicted octanol–water partition coefficient (Wildman–Crippen LogP) is 4.22. The average Bonchev–Trinajstić information content (AvgIpc) is 2.49. The number of fused-ring (bicyclic) bond motifs is 1. The number of rotatable bonds is 4. The van der Waals surface area contributed by atoms with Crippen LogP contribution in [0.5, 0.6) is 0 Å². The summed E-state index contributed by atoms with van der Waals surface area (Å²) in [5.41, 5.74) is 5.58. The molecule has 0 unspecified atom stereocenters. The number of carbonyl (C=O) groups is 2. The van der Waals surface area contributed by atoms with Crippen molar-refractivity contribution in [3.8, 4) is 0 Å². The molecule has 0 radical (unpaired) electrons. The van der Waals surface area contributed by atoms with E-state index in [0.717, 1.165) is 36.1 Å². The Bertz CT molecular complexity index is 761. The standard InChI is InChI=1S/C20H29N3O3S/c1-19(2,3)23(18(25)26)14-9-10-15-13(11-14)7-6-8-16(15)21-22-17(24)12-20(4,5)27/h9-11,27H,6-8,12H2,1-5H3,(H,22,24)(H,25,26). The van der Waals surface area contributed by atoms with Gasteiger partial charge in [0.05, 0.1) is 5.71 Å². The van der Waals surface area contributed by atoms with E-state index < -0.39 is 16.4 Å². The number of carboxylic acid groups (broad SMARTS) is 1. The van der Waals surface area contributed by atoms with Crippen LogP contribution in [0.25, 0.3) is 0 Å². The third-order valence-electron chi connectivity index (χ3n) is 4.29. The lowest BCUT2D eigenvalue weighted by atomic mass is 9.89. The zero-order valence-corrected chi connectivity index (χ0v) is 17.6. The van der Waals surface area contributed by atoms with Gasteiger partial charge in [0.2, 0.25) is 5.91 Å². The van der Waals surface area contributed by atoms with E-state index in [2.05, 4.69) is 23.2 Å². The van der Waals surface area contributed by atoms with Crippen LogP contribution in [0.2, 0.25) is 0 Å². The molecule has 0 fully saturated rings. The summed E-state index contributed by atoms with van der Waals surface area (Å²) in [5.74, 6) is -0.170. The van der Waals surface area contributed by atoms with Crippen molar-refractivity contribution in [1.82, 2.24) is 5.43 Å². The van der Waals surface area contributed by atoms with E-state index >= 15 is 0 Å². The molecule has 0 aliphatic heterocycles. The van der Waals surface area contributed by atoms with Gasteiger partial charge in [0, 0.05) is 28.0 Å². The van der Waals surface area contributed by atoms with Gasteiger partial charge in [-0.1, -0.05) is 19.9 Å². The molecule has 6 nitrogen and oxygen atoms in total. The van der Waals surface area contributed by atoms with Crippen LogP contribution in [0.15, 0.2) is 23.3 Å². The monoisotopic (exact) mass is 391 g/mol. The number of anilines is 1. The summed E-state index contributed by atoms with van der Waals surface area (Å²) in [6, 6.07) is 5.62. The third-order valence-corrected chi connectivity index (χ3v) is 4.45. The van der Waals surface area contributed by atoms with E-state index in [4.69, 9.17) is 0 Å². The maximum atomic E-state index is 12.0. The van der Waals surface area contributed by atoms with Gasteiger partial charge in [-0.05, 0) is 57.7 Å². The van der Waals surface area contributed by atoms with Gasteiger partial charge in [0.15, 0.2) is 0 Å². The van der Waals surface area contributed by atoms with Crippen molar-refractivity contribution in [3.63, 3.8) is 0 Å². The summed E-state index contributed by atoms with van der Waals surface area (Å²) in [4.78, 5) is 25.1. The largest absolute Gasteiger partial charge is 0.465 e. The van der Waals surface area contributed by atoms with Crippen molar-refractivity contribution < 1.29 is 14.7 Å². The molecular formula is C20H29N3O3S. The summed E-state index contributed by atoms with van der Waals surface area (Å²) in [6.45, 7) is 9.36. The number of nitrogens with one attached hydrogen (secondary N) is 1. The molecule has 7 heteroatoms. The number of hydrogen-bond donors (Lipinski definition) is 3. The van der Waals surface area contributed by atoms with E-state index in [-0.39, 0.29) is 12.3 Å². The molecule has 27 heavy (non-hydrogen) atoms. The Balaban J connectivity index is 2.27. The fourth-order valence-electron chi connectivity index (χ4n) is 3.25. The molecule has 148 valence electrons. The molecule has 2 amide bonds. The van der Waals surface area contributed by atoms with Crippen LogP contribution in [0.4, 0.5) is 10.5 Å². The van der Waals surface area contributed by atoms with E-state index in [0.29, 0.717) is 5.69 Å². The summed E-state index contributed by atoms with van der Waals surface area (Å²) in [6.07, 6.45) is 1.84. The maximum Gasteiger partial charge on any atom is 0.412 e. The van der Waals surface area contributed by atoms with E-state index in [9.17, 15) is 14.7 Å². The third kappa shape index (κ3) is 5.73. The number of hydrazone groups is 1. The minimum Gasteiger partial charge on any atom is -0.465 e. The fourth-order valence-corrected chi connectivity index (χ4v) is 3.40. The van der Waals surface area contributed by atoms with Gasteiger partial charge >= 0.3 is 6.09 Å². The second-order valence-corrected chi connectivity index (χ2v) is 9.78. The summed E-state index contributed by atoms with van der Waals surface area (Å²) in [7, 11) is 0. The van der Waals surface area contributed by atoms with Crippen molar-refractivity contribution in [2.24, 2.45) is 5.10 Å². The van der Waals surface area contributed by atoms with Crippen molar-refractivity contribution in [2.45, 2.75) is 70.6 Å². The normalized spacial score (nSPS) is 16.0. The Morgan fingerprint density at radius 3 is 2.44 bits per heavy atom. The van der Waals surface area contributed by atoms with Gasteiger partial charge in [-0.25, -0.2) is 10.2 Å². The van der Waals surface area contributed by atoms with Gasteiger partial charge in [0.25, 0.3) is 0 Å². The minimum absolute atomic E-state index is 0.170. The summed E-state index contributed by atoms with van der Waals surface area (Å²) in [5, 5.41) is 13.9. The van der Waals surface area contributed by atoms with Crippen molar-refractivity contribution >= 4 is 36.0 Å². The van der Waals surface area contributed by atoms with E-state index in [1.807, 2.05) is 46.8 Å². The quantitative estimate of drug-likeness (QED) is 0.531. The van der Waals surface area contributed by atoms with Crippen LogP contribution in [0, 0.1) is 0 Å². The first-order chi connectivity index (χ1) is 12.4. The number of aryl methyl sites for hydroxylation is 1. The lowest BCUT2D eigenvalue weighted by molar-refractivity contribution is -0.121. The van der Waals surface area contributed by atoms with Gasteiger partial charge in [-0.15, -0.1) is 0 Å². The first kappa shape index (κ1) is 21.3. The summed E-state index contributed by atoms with van der Waals surface area (Å²) >= 11 is 4.37. The topological polar surface area (TPSA) is 82.0 Å². The zero-order valence-electron chi connectivity index (χ0n) is 16.7. The van der Waals surface area contributed by atoms with Gasteiger partial charge in [0.1, 0.15) is 0 Å². The molecule has 1 aliphatic carbocycles. The number of thiol groups is 1. The number of hydrogen-bond acceptors (Lipinski definition) is 4. The highest BCUT2D eigenvalue weighted by molar-refractivity contribution is 7.81. The SMILES string of the molecule is CC(C)(S)CC(=O)NN=C1CCCc2cc(N(C(=O)O)C(C)(C)C)ccc21. The molecule has 0 aromatic heterocycles. The molecular weight excluding hydrogens is 362 g/mol. The smallest absolute Gasteiger partial charge is 0.412 e. The Kier molecular flexibility index (Phi) is 6.24. The van der Waals surface area contributed by atoms with Gasteiger partial charge in [-0.3, -0.25) is 9.69 Å². The van der Waals surface area contributed by atoms with E-state index in [1.54, 1.807) is 6.07 Å². The molecule has 2 N–H and O–H groups in total. The van der Waals surface area contributed by atoms with Crippen LogP contribution in [-0.2, 0) is 11.2 Å². The molecule has 0 spiro atoms. The fraction of sp³-hybridized carbons (Fsp3) is 0.550. The van der Waals surface area contributed by atoms with Gasteiger partial charge in [-0.2, -0.15) is 17.7 Å². The molecule has 0 heterocycles. The van der Waals surface area contributed by atoms with Crippen molar-refractivity contribution in [3.05, 3.63) is 29.3 Å². The maximum absolute atomic E-state index is 12.0. The van der Waals surface area contributed by atoms with Crippen LogP contribution in [-0.4, -0.2) is 33.1 Å². The van der Waals surface area contributed by atoms with Crippen LogP contribution in [0.3, 0.4) is 0 Å². The van der Waals surface area contributed by atoms with Crippen molar-refractivity contribution in [1.29, 1.82) is 0 Å².